The highest BCUT2D eigenvalue weighted by atomic mass is 16.6. The Morgan fingerprint density at radius 2 is 1.68 bits per heavy atom. The third kappa shape index (κ3) is 7.86. The highest BCUT2D eigenvalue weighted by Crippen LogP contribution is 1.99. The first-order valence-corrected chi connectivity index (χ1v) is 8.63. The molecule has 31 heavy (non-hydrogen) atoms. The Balaban J connectivity index is 0.000000245. The van der Waals surface area contributed by atoms with Crippen LogP contribution in [0.25, 0.3) is 0 Å². The van der Waals surface area contributed by atoms with Crippen LogP contribution in [0.1, 0.15) is 5.56 Å². The summed E-state index contributed by atoms with van der Waals surface area (Å²) in [4.78, 5) is 35.2. The lowest BCUT2D eigenvalue weighted by atomic mass is 10.3. The van der Waals surface area contributed by atoms with Crippen molar-refractivity contribution < 1.29 is 19.3 Å². The summed E-state index contributed by atoms with van der Waals surface area (Å²) in [6, 6.07) is 2.77. The molecule has 2 aliphatic heterocycles. The van der Waals surface area contributed by atoms with Gasteiger partial charge in [0.15, 0.2) is 0 Å². The molecule has 0 saturated carbocycles. The lowest BCUT2D eigenvalue weighted by Gasteiger charge is -2.20. The van der Waals surface area contributed by atoms with Crippen LogP contribution < -0.4 is 16.7 Å². The van der Waals surface area contributed by atoms with Gasteiger partial charge >= 0.3 is 12.1 Å². The number of hydrogen-bond acceptors (Lipinski definition) is 11. The average Bonchev–Trinajstić information content (AvgIpc) is 2.79. The van der Waals surface area contributed by atoms with Crippen LogP contribution in [0.5, 0.6) is 0 Å². The molecule has 0 atom stereocenters. The summed E-state index contributed by atoms with van der Waals surface area (Å²) in [5.41, 5.74) is 6.38. The number of hydrazone groups is 3. The van der Waals surface area contributed by atoms with Crippen LogP contribution in [0.2, 0.25) is 0 Å². The topological polar surface area (TPSA) is 184 Å². The number of urea groups is 2. The maximum absolute atomic E-state index is 11.5. The molecule has 0 spiro atoms. The molecule has 0 aromatic carbocycles. The number of nitrogens with two attached hydrogens (primary N) is 1. The number of pyridine rings is 1. The predicted octanol–water partition coefficient (Wildman–Crippen LogP) is -0.698. The number of oxime groups is 2. The summed E-state index contributed by atoms with van der Waals surface area (Å²) in [7, 11) is 2.84. The monoisotopic (exact) mass is 431 g/mol. The van der Waals surface area contributed by atoms with Crippen LogP contribution in [0.4, 0.5) is 9.59 Å². The molecular weight excluding hydrogens is 410 g/mol. The number of hydrazine groups is 1. The van der Waals surface area contributed by atoms with E-state index in [0.717, 1.165) is 10.6 Å². The molecule has 3 heterocycles. The number of carbonyl (C=O) groups is 2. The Morgan fingerprint density at radius 1 is 1.03 bits per heavy atom. The lowest BCUT2D eigenvalue weighted by Crippen LogP contribution is -2.50. The highest BCUT2D eigenvalue weighted by Gasteiger charge is 2.19. The quantitative estimate of drug-likeness (QED) is 0.231. The normalized spacial score (nSPS) is 16.5. The van der Waals surface area contributed by atoms with Crippen LogP contribution >= 0.6 is 0 Å². The summed E-state index contributed by atoms with van der Waals surface area (Å²) < 4.78 is 0. The third-order valence-corrected chi connectivity index (χ3v) is 3.37. The molecule has 1 aromatic rings. The van der Waals surface area contributed by atoms with Crippen molar-refractivity contribution >= 4 is 42.1 Å². The minimum atomic E-state index is -0.440. The summed E-state index contributed by atoms with van der Waals surface area (Å²) in [6.07, 6.45) is 7.64. The number of rotatable bonds is 6. The minimum absolute atomic E-state index is 0.218. The van der Waals surface area contributed by atoms with E-state index in [-0.39, 0.29) is 13.1 Å². The molecule has 0 saturated heterocycles. The van der Waals surface area contributed by atoms with E-state index in [1.807, 2.05) is 6.07 Å². The molecule has 4 N–H and O–H groups in total. The second-order valence-electron chi connectivity index (χ2n) is 5.59. The van der Waals surface area contributed by atoms with E-state index in [2.05, 4.69) is 51.1 Å². The molecule has 0 aliphatic carbocycles. The van der Waals surface area contributed by atoms with Crippen molar-refractivity contribution in [1.82, 2.24) is 25.9 Å². The molecule has 4 amide bonds. The van der Waals surface area contributed by atoms with Crippen molar-refractivity contribution in [1.29, 1.82) is 0 Å². The van der Waals surface area contributed by atoms with E-state index >= 15 is 0 Å². The first-order valence-electron chi connectivity index (χ1n) is 8.63. The molecule has 0 bridgehead atoms. The zero-order valence-corrected chi connectivity index (χ0v) is 16.7. The van der Waals surface area contributed by atoms with Gasteiger partial charge in [0.05, 0.1) is 31.7 Å². The zero-order chi connectivity index (χ0) is 22.5. The van der Waals surface area contributed by atoms with E-state index < -0.39 is 12.1 Å². The molecule has 0 fully saturated rings. The smallest absolute Gasteiger partial charge is 0.358 e. The van der Waals surface area contributed by atoms with Gasteiger partial charge in [-0.25, -0.2) is 31.3 Å². The summed E-state index contributed by atoms with van der Waals surface area (Å²) in [5.74, 6) is 5.28. The molecule has 164 valence electrons. The molecule has 15 heteroatoms. The van der Waals surface area contributed by atoms with Crippen LogP contribution in [-0.2, 0) is 9.68 Å². The van der Waals surface area contributed by atoms with Crippen LogP contribution in [-0.4, -0.2) is 84.4 Å². The predicted molar refractivity (Wildman–Crippen MR) is 112 cm³/mol. The highest BCUT2D eigenvalue weighted by molar-refractivity contribution is 6.32. The molecule has 0 radical (unpaired) electrons. The third-order valence-electron chi connectivity index (χ3n) is 3.37. The van der Waals surface area contributed by atoms with Crippen LogP contribution in [0.15, 0.2) is 50.1 Å². The van der Waals surface area contributed by atoms with Crippen LogP contribution in [0.3, 0.4) is 0 Å². The van der Waals surface area contributed by atoms with E-state index in [4.69, 9.17) is 5.84 Å². The van der Waals surface area contributed by atoms with Gasteiger partial charge in [0.1, 0.15) is 25.6 Å². The summed E-state index contributed by atoms with van der Waals surface area (Å²) in [5, 5.41) is 20.8. The van der Waals surface area contributed by atoms with E-state index in [0.29, 0.717) is 11.4 Å². The number of aromatic nitrogens is 1. The van der Waals surface area contributed by atoms with Crippen molar-refractivity contribution in [2.45, 2.75) is 0 Å². The first kappa shape index (κ1) is 22.9. The van der Waals surface area contributed by atoms with Crippen molar-refractivity contribution in [3.63, 3.8) is 0 Å². The number of amides is 4. The van der Waals surface area contributed by atoms with Crippen molar-refractivity contribution in [2.75, 3.05) is 27.3 Å². The maximum atomic E-state index is 11.5. The first-order chi connectivity index (χ1) is 15.0. The van der Waals surface area contributed by atoms with Crippen molar-refractivity contribution in [3.05, 3.63) is 30.1 Å². The molecular formula is C16H21N11O4. The van der Waals surface area contributed by atoms with Crippen molar-refractivity contribution in [3.8, 4) is 0 Å². The molecule has 1 aromatic heterocycles. The number of carbonyl (C=O) groups excluding carboxylic acids is 2. The fourth-order valence-electron chi connectivity index (χ4n) is 1.95. The summed E-state index contributed by atoms with van der Waals surface area (Å²) >= 11 is 0. The second-order valence-corrected chi connectivity index (χ2v) is 5.59. The van der Waals surface area contributed by atoms with E-state index in [1.165, 1.54) is 31.7 Å². The van der Waals surface area contributed by atoms with Crippen LogP contribution in [0, 0.1) is 0 Å². The van der Waals surface area contributed by atoms with E-state index in [9.17, 15) is 9.59 Å². The van der Waals surface area contributed by atoms with Gasteiger partial charge in [-0.3, -0.25) is 9.99 Å². The fourth-order valence-corrected chi connectivity index (χ4v) is 1.95. The minimum Gasteiger partial charge on any atom is -0.399 e. The Hall–Kier alpha value is -4.40. The van der Waals surface area contributed by atoms with Crippen molar-refractivity contribution in [2.24, 2.45) is 31.5 Å². The zero-order valence-electron chi connectivity index (χ0n) is 16.7. The van der Waals surface area contributed by atoms with Gasteiger partial charge in [-0.1, -0.05) is 16.4 Å². The SMILES string of the molecule is CO/N=C/C1=NNC(=O)N(/N=C/c2cccnc2)C1.CO/N=C/C1=NNC(=O)N(N)C1. The van der Waals surface area contributed by atoms with Gasteiger partial charge < -0.3 is 9.68 Å². The van der Waals surface area contributed by atoms with E-state index in [1.54, 1.807) is 24.7 Å². The molecule has 0 unspecified atom stereocenters. The second kappa shape index (κ2) is 12.2. The number of nitrogens with one attached hydrogen (secondary N) is 2. The number of hydrogen-bond donors (Lipinski definition) is 3. The lowest BCUT2D eigenvalue weighted by molar-refractivity contribution is 0.203. The Morgan fingerprint density at radius 3 is 2.26 bits per heavy atom. The maximum Gasteiger partial charge on any atom is 0.358 e. The summed E-state index contributed by atoms with van der Waals surface area (Å²) in [6.45, 7) is 0.439. The molecule has 2 aliphatic rings. The molecule has 3 rings (SSSR count). The largest absolute Gasteiger partial charge is 0.399 e. The van der Waals surface area contributed by atoms with Gasteiger partial charge in [-0.2, -0.15) is 15.3 Å². The average molecular weight is 431 g/mol. The van der Waals surface area contributed by atoms with Gasteiger partial charge in [-0.05, 0) is 6.07 Å². The fraction of sp³-hybridized carbons (Fsp3) is 0.250. The Bertz CT molecular complexity index is 898. The Labute approximate surface area is 176 Å². The van der Waals surface area contributed by atoms with Gasteiger partial charge in [0.25, 0.3) is 0 Å². The molecule has 15 nitrogen and oxygen atoms in total. The standard InChI is InChI=1S/C11H12N6O2.C5H9N5O2/c1-19-14-7-10-8-17(11(18)16-15-10)13-6-9-3-2-4-12-5-9;1-12-7-2-4-3-10(6)5(11)9-8-4/h2-7H,8H2,1H3,(H,16,18);2H,3,6H2,1H3,(H,9,11)/b13-6+,14-7+;7-2+. The van der Waals surface area contributed by atoms with Gasteiger partial charge in [0.2, 0.25) is 0 Å². The Kier molecular flexibility index (Phi) is 9.02. The van der Waals surface area contributed by atoms with Gasteiger partial charge in [0, 0.05) is 18.0 Å². The number of nitrogens with zero attached hydrogens (tertiary/aromatic N) is 8. The van der Waals surface area contributed by atoms with Gasteiger partial charge in [-0.15, -0.1) is 0 Å².